The monoisotopic (exact) mass is 220 g/mol. The Kier molecular flexibility index (Phi) is 4.20. The van der Waals surface area contributed by atoms with Gasteiger partial charge in [-0.2, -0.15) is 0 Å². The molecule has 0 aliphatic rings. The Labute approximate surface area is 93.2 Å². The van der Waals surface area contributed by atoms with E-state index >= 15 is 0 Å². The van der Waals surface area contributed by atoms with E-state index in [1.54, 1.807) is 25.1 Å². The molecule has 0 spiro atoms. The summed E-state index contributed by atoms with van der Waals surface area (Å²) >= 11 is 0. The molecule has 0 heterocycles. The average Bonchev–Trinajstić information content (AvgIpc) is 2.29. The largest absolute Gasteiger partial charge is 0.391 e. The molecule has 0 unspecified atom stereocenters. The van der Waals surface area contributed by atoms with Crippen LogP contribution in [-0.2, 0) is 4.84 Å². The normalized spacial score (nSPS) is 10.9. The Balaban J connectivity index is 2.77. The molecule has 0 aliphatic carbocycles. The molecule has 0 saturated carbocycles. The van der Waals surface area contributed by atoms with Crippen molar-refractivity contribution in [2.75, 3.05) is 6.61 Å². The van der Waals surface area contributed by atoms with E-state index in [0.717, 1.165) is 5.56 Å². The van der Waals surface area contributed by atoms with E-state index in [-0.39, 0.29) is 5.69 Å². The molecule has 0 bridgehead atoms. The average molecular weight is 220 g/mol. The third-order valence-corrected chi connectivity index (χ3v) is 1.89. The van der Waals surface area contributed by atoms with E-state index in [1.165, 1.54) is 12.1 Å². The van der Waals surface area contributed by atoms with Gasteiger partial charge in [-0.3, -0.25) is 10.1 Å². The Morgan fingerprint density at radius 1 is 1.56 bits per heavy atom. The number of hydrogen-bond acceptors (Lipinski definition) is 4. The number of benzene rings is 1. The first-order valence-corrected chi connectivity index (χ1v) is 4.67. The maximum atomic E-state index is 10.4. The summed E-state index contributed by atoms with van der Waals surface area (Å²) in [6, 6.07) is 6.13. The highest BCUT2D eigenvalue weighted by molar-refractivity contribution is 5.98. The first kappa shape index (κ1) is 11.9. The summed E-state index contributed by atoms with van der Waals surface area (Å²) in [5.74, 6) is 0. The number of nitro benzene ring substituents is 1. The van der Waals surface area contributed by atoms with Gasteiger partial charge in [0.2, 0.25) is 0 Å². The minimum absolute atomic E-state index is 0.0589. The first-order chi connectivity index (χ1) is 7.65. The molecule has 5 nitrogen and oxygen atoms in total. The highest BCUT2D eigenvalue weighted by Gasteiger charge is 2.05. The lowest BCUT2D eigenvalue weighted by Crippen LogP contribution is -1.97. The lowest BCUT2D eigenvalue weighted by molar-refractivity contribution is -0.384. The van der Waals surface area contributed by atoms with Crippen molar-refractivity contribution in [2.24, 2.45) is 5.16 Å². The van der Waals surface area contributed by atoms with Crippen molar-refractivity contribution < 1.29 is 9.76 Å². The van der Waals surface area contributed by atoms with Crippen molar-refractivity contribution in [3.63, 3.8) is 0 Å². The van der Waals surface area contributed by atoms with Gasteiger partial charge in [0, 0.05) is 12.1 Å². The maximum Gasteiger partial charge on any atom is 0.269 e. The SMILES string of the molecule is C=CCO/N=C(/C)c1ccc([N+](=O)[O-])cc1. The van der Waals surface area contributed by atoms with E-state index in [4.69, 9.17) is 4.84 Å². The molecule has 0 saturated heterocycles. The lowest BCUT2D eigenvalue weighted by Gasteiger charge is -2.00. The van der Waals surface area contributed by atoms with Crippen LogP contribution in [0.5, 0.6) is 0 Å². The smallest absolute Gasteiger partial charge is 0.269 e. The van der Waals surface area contributed by atoms with E-state index in [9.17, 15) is 10.1 Å². The van der Waals surface area contributed by atoms with E-state index < -0.39 is 4.92 Å². The van der Waals surface area contributed by atoms with Gasteiger partial charge in [-0.1, -0.05) is 17.8 Å². The molecular formula is C11H12N2O3. The van der Waals surface area contributed by atoms with Crippen LogP contribution in [0.3, 0.4) is 0 Å². The van der Waals surface area contributed by atoms with E-state index in [2.05, 4.69) is 11.7 Å². The second-order valence-corrected chi connectivity index (χ2v) is 3.07. The molecule has 1 aromatic carbocycles. The fraction of sp³-hybridized carbons (Fsp3) is 0.182. The van der Waals surface area contributed by atoms with Crippen LogP contribution in [0.2, 0.25) is 0 Å². The van der Waals surface area contributed by atoms with Crippen LogP contribution in [0.4, 0.5) is 5.69 Å². The number of hydrogen-bond donors (Lipinski definition) is 0. The number of nitrogens with zero attached hydrogens (tertiary/aromatic N) is 2. The van der Waals surface area contributed by atoms with Crippen molar-refractivity contribution in [3.05, 3.63) is 52.6 Å². The lowest BCUT2D eigenvalue weighted by atomic mass is 10.1. The third-order valence-electron chi connectivity index (χ3n) is 1.89. The summed E-state index contributed by atoms with van der Waals surface area (Å²) in [5, 5.41) is 14.3. The second kappa shape index (κ2) is 5.65. The molecule has 0 atom stereocenters. The Bertz CT molecular complexity index is 410. The summed E-state index contributed by atoms with van der Waals surface area (Å²) in [6.45, 7) is 5.60. The van der Waals surface area contributed by atoms with Gasteiger partial charge in [-0.05, 0) is 24.6 Å². The number of oxime groups is 1. The highest BCUT2D eigenvalue weighted by Crippen LogP contribution is 2.12. The summed E-state index contributed by atoms with van der Waals surface area (Å²) < 4.78 is 0. The van der Waals surface area contributed by atoms with Crippen molar-refractivity contribution in [3.8, 4) is 0 Å². The molecule has 0 amide bonds. The van der Waals surface area contributed by atoms with Gasteiger partial charge < -0.3 is 4.84 Å². The van der Waals surface area contributed by atoms with Gasteiger partial charge in [0.1, 0.15) is 6.61 Å². The van der Waals surface area contributed by atoms with Crippen LogP contribution in [0, 0.1) is 10.1 Å². The summed E-state index contributed by atoms with van der Waals surface area (Å²) in [7, 11) is 0. The Morgan fingerprint density at radius 3 is 2.69 bits per heavy atom. The van der Waals surface area contributed by atoms with Crippen LogP contribution in [-0.4, -0.2) is 17.2 Å². The number of non-ortho nitro benzene ring substituents is 1. The van der Waals surface area contributed by atoms with Gasteiger partial charge in [0.25, 0.3) is 5.69 Å². The van der Waals surface area contributed by atoms with Gasteiger partial charge in [0.15, 0.2) is 0 Å². The van der Waals surface area contributed by atoms with Crippen LogP contribution in [0.1, 0.15) is 12.5 Å². The van der Waals surface area contributed by atoms with Crippen molar-refractivity contribution in [1.29, 1.82) is 0 Å². The Morgan fingerprint density at radius 2 is 2.19 bits per heavy atom. The van der Waals surface area contributed by atoms with Crippen LogP contribution < -0.4 is 0 Å². The molecular weight excluding hydrogens is 208 g/mol. The van der Waals surface area contributed by atoms with Crippen molar-refractivity contribution >= 4 is 11.4 Å². The van der Waals surface area contributed by atoms with Gasteiger partial charge >= 0.3 is 0 Å². The fourth-order valence-corrected chi connectivity index (χ4v) is 1.06. The Hall–Kier alpha value is -2.17. The quantitative estimate of drug-likeness (QED) is 0.252. The molecule has 0 radical (unpaired) electrons. The molecule has 0 aliphatic heterocycles. The third kappa shape index (κ3) is 3.20. The van der Waals surface area contributed by atoms with E-state index in [0.29, 0.717) is 12.3 Å². The van der Waals surface area contributed by atoms with Gasteiger partial charge in [-0.25, -0.2) is 0 Å². The zero-order valence-electron chi connectivity index (χ0n) is 8.92. The predicted octanol–water partition coefficient (Wildman–Crippen LogP) is 2.52. The van der Waals surface area contributed by atoms with Crippen molar-refractivity contribution in [1.82, 2.24) is 0 Å². The fourth-order valence-electron chi connectivity index (χ4n) is 1.06. The zero-order valence-corrected chi connectivity index (χ0v) is 8.92. The van der Waals surface area contributed by atoms with Crippen LogP contribution >= 0.6 is 0 Å². The molecule has 0 aromatic heterocycles. The molecule has 1 aromatic rings. The van der Waals surface area contributed by atoms with Gasteiger partial charge in [-0.15, -0.1) is 0 Å². The summed E-state index contributed by atoms with van der Waals surface area (Å²) in [5.41, 5.74) is 1.51. The minimum atomic E-state index is -0.440. The van der Waals surface area contributed by atoms with Crippen molar-refractivity contribution in [2.45, 2.75) is 6.92 Å². The summed E-state index contributed by atoms with van der Waals surface area (Å²) in [6.07, 6.45) is 1.59. The van der Waals surface area contributed by atoms with E-state index in [1.807, 2.05) is 0 Å². The highest BCUT2D eigenvalue weighted by atomic mass is 16.6. The molecule has 1 rings (SSSR count). The van der Waals surface area contributed by atoms with Crippen LogP contribution in [0.25, 0.3) is 0 Å². The topological polar surface area (TPSA) is 64.7 Å². The number of nitro groups is 1. The molecule has 5 heteroatoms. The first-order valence-electron chi connectivity index (χ1n) is 4.67. The predicted molar refractivity (Wildman–Crippen MR) is 61.5 cm³/mol. The standard InChI is InChI=1S/C11H12N2O3/c1-3-8-16-12-9(2)10-4-6-11(7-5-10)13(14)15/h3-7H,1,8H2,2H3/b12-9-. The summed E-state index contributed by atoms with van der Waals surface area (Å²) in [4.78, 5) is 14.9. The second-order valence-electron chi connectivity index (χ2n) is 3.07. The molecule has 84 valence electrons. The number of rotatable bonds is 5. The van der Waals surface area contributed by atoms with Crippen LogP contribution in [0.15, 0.2) is 42.1 Å². The zero-order chi connectivity index (χ0) is 12.0. The molecule has 0 fully saturated rings. The maximum absolute atomic E-state index is 10.4. The minimum Gasteiger partial charge on any atom is -0.391 e. The molecule has 16 heavy (non-hydrogen) atoms. The van der Waals surface area contributed by atoms with Gasteiger partial charge in [0.05, 0.1) is 10.6 Å². The molecule has 0 N–H and O–H groups in total.